The Bertz CT molecular complexity index is 886. The first-order chi connectivity index (χ1) is 12.8. The number of thioether (sulfide) groups is 1. The second-order valence-electron chi connectivity index (χ2n) is 6.49. The smallest absolute Gasteiger partial charge is 0.254 e. The van der Waals surface area contributed by atoms with Gasteiger partial charge < -0.3 is 4.90 Å². The Morgan fingerprint density at radius 3 is 2.62 bits per heavy atom. The van der Waals surface area contributed by atoms with Crippen LogP contribution in [-0.2, 0) is 12.2 Å². The zero-order valence-electron chi connectivity index (χ0n) is 14.7. The van der Waals surface area contributed by atoms with Gasteiger partial charge in [-0.3, -0.25) is 4.79 Å². The molecular formula is C22H21NOS2. The number of hydrogen-bond acceptors (Lipinski definition) is 3. The first kappa shape index (κ1) is 17.4. The molecule has 0 N–H and O–H groups in total. The normalized spacial score (nSPS) is 16.3. The summed E-state index contributed by atoms with van der Waals surface area (Å²) in [6, 6.07) is 20.6. The van der Waals surface area contributed by atoms with Crippen molar-refractivity contribution >= 4 is 29.0 Å². The Hall–Kier alpha value is -2.04. The summed E-state index contributed by atoms with van der Waals surface area (Å²) < 4.78 is 0. The van der Waals surface area contributed by atoms with Crippen LogP contribution in [0.25, 0.3) is 0 Å². The quantitative estimate of drug-likeness (QED) is 0.605. The Balaban J connectivity index is 1.69. The van der Waals surface area contributed by atoms with E-state index in [-0.39, 0.29) is 11.9 Å². The topological polar surface area (TPSA) is 20.3 Å². The van der Waals surface area contributed by atoms with Gasteiger partial charge in [-0.15, -0.1) is 11.3 Å². The fraction of sp³-hybridized carbons (Fsp3) is 0.227. The number of fused-ring (bicyclic) bond motifs is 1. The molecule has 0 bridgehead atoms. The van der Waals surface area contributed by atoms with E-state index < -0.39 is 0 Å². The van der Waals surface area contributed by atoms with Gasteiger partial charge in [-0.1, -0.05) is 42.5 Å². The van der Waals surface area contributed by atoms with Crippen LogP contribution in [-0.4, -0.2) is 23.6 Å². The average Bonchev–Trinajstić information content (AvgIpc) is 3.17. The molecule has 0 saturated carbocycles. The number of amides is 1. The molecule has 2 aromatic carbocycles. The lowest BCUT2D eigenvalue weighted by atomic mass is 9.92. The molecule has 132 valence electrons. The fourth-order valence-electron chi connectivity index (χ4n) is 3.61. The van der Waals surface area contributed by atoms with E-state index in [4.69, 9.17) is 0 Å². The van der Waals surface area contributed by atoms with Crippen molar-refractivity contribution in [2.24, 2.45) is 0 Å². The maximum atomic E-state index is 13.3. The summed E-state index contributed by atoms with van der Waals surface area (Å²) in [5.74, 6) is 1.09. The van der Waals surface area contributed by atoms with E-state index in [1.807, 2.05) is 23.1 Å². The zero-order valence-corrected chi connectivity index (χ0v) is 16.4. The van der Waals surface area contributed by atoms with Crippen molar-refractivity contribution in [3.05, 3.63) is 93.2 Å². The third kappa shape index (κ3) is 3.31. The summed E-state index contributed by atoms with van der Waals surface area (Å²) in [6.07, 6.45) is 3.03. The average molecular weight is 380 g/mol. The van der Waals surface area contributed by atoms with Crippen LogP contribution in [0.4, 0.5) is 0 Å². The second-order valence-corrected chi connectivity index (χ2v) is 8.36. The van der Waals surface area contributed by atoms with Crippen LogP contribution in [0.5, 0.6) is 0 Å². The summed E-state index contributed by atoms with van der Waals surface area (Å²) in [6.45, 7) is 0.762. The summed E-state index contributed by atoms with van der Waals surface area (Å²) >= 11 is 3.59. The molecule has 4 heteroatoms. The van der Waals surface area contributed by atoms with Crippen molar-refractivity contribution in [3.63, 3.8) is 0 Å². The van der Waals surface area contributed by atoms with E-state index in [1.165, 1.54) is 21.6 Å². The highest BCUT2D eigenvalue weighted by Crippen LogP contribution is 2.38. The van der Waals surface area contributed by atoms with E-state index in [2.05, 4.69) is 54.1 Å². The van der Waals surface area contributed by atoms with Gasteiger partial charge in [0.25, 0.3) is 5.91 Å². The Kier molecular flexibility index (Phi) is 5.14. The van der Waals surface area contributed by atoms with Gasteiger partial charge in [0, 0.05) is 22.7 Å². The SMILES string of the molecule is CSCc1ccc(C(=O)N2CCc3sccc3C2c2ccccc2)cc1. The van der Waals surface area contributed by atoms with Gasteiger partial charge in [0.1, 0.15) is 0 Å². The van der Waals surface area contributed by atoms with E-state index in [1.54, 1.807) is 23.1 Å². The van der Waals surface area contributed by atoms with Crippen molar-refractivity contribution in [2.75, 3.05) is 12.8 Å². The molecule has 0 radical (unpaired) electrons. The highest BCUT2D eigenvalue weighted by Gasteiger charge is 2.33. The molecule has 0 aliphatic carbocycles. The summed E-state index contributed by atoms with van der Waals surface area (Å²) in [5, 5.41) is 2.14. The maximum Gasteiger partial charge on any atom is 0.254 e. The van der Waals surface area contributed by atoms with Gasteiger partial charge in [-0.2, -0.15) is 11.8 Å². The van der Waals surface area contributed by atoms with Crippen LogP contribution in [0.15, 0.2) is 66.0 Å². The fourth-order valence-corrected chi connectivity index (χ4v) is 5.04. The Morgan fingerprint density at radius 1 is 1.12 bits per heavy atom. The number of rotatable bonds is 4. The summed E-state index contributed by atoms with van der Waals surface area (Å²) in [4.78, 5) is 16.7. The molecule has 1 aliphatic rings. The lowest BCUT2D eigenvalue weighted by Crippen LogP contribution is -2.40. The molecule has 4 rings (SSSR count). The number of thiophene rings is 1. The highest BCUT2D eigenvalue weighted by atomic mass is 32.2. The van der Waals surface area contributed by atoms with Crippen LogP contribution in [0, 0.1) is 0 Å². The standard InChI is InChI=1S/C22H21NOS2/c1-25-15-16-7-9-18(10-8-16)22(24)23-13-11-20-19(12-14-26-20)21(23)17-5-3-2-4-6-17/h2-10,12,14,21H,11,13,15H2,1H3. The molecule has 0 fully saturated rings. The molecule has 26 heavy (non-hydrogen) atoms. The minimum absolute atomic E-state index is 0.00424. The van der Waals surface area contributed by atoms with Crippen molar-refractivity contribution < 1.29 is 4.79 Å². The number of carbonyl (C=O) groups excluding carboxylic acids is 1. The predicted octanol–water partition coefficient (Wildman–Crippen LogP) is 5.40. The van der Waals surface area contributed by atoms with E-state index in [9.17, 15) is 4.79 Å². The molecule has 1 aliphatic heterocycles. The highest BCUT2D eigenvalue weighted by molar-refractivity contribution is 7.97. The van der Waals surface area contributed by atoms with Crippen LogP contribution in [0.2, 0.25) is 0 Å². The van der Waals surface area contributed by atoms with Crippen molar-refractivity contribution in [1.29, 1.82) is 0 Å². The van der Waals surface area contributed by atoms with Gasteiger partial charge >= 0.3 is 0 Å². The molecular weight excluding hydrogens is 358 g/mol. The lowest BCUT2D eigenvalue weighted by molar-refractivity contribution is 0.0696. The third-order valence-electron chi connectivity index (χ3n) is 4.85. The largest absolute Gasteiger partial charge is 0.327 e. The zero-order chi connectivity index (χ0) is 17.9. The van der Waals surface area contributed by atoms with E-state index in [0.29, 0.717) is 0 Å². The van der Waals surface area contributed by atoms with Gasteiger partial charge in [0.2, 0.25) is 0 Å². The summed E-state index contributed by atoms with van der Waals surface area (Å²) in [5.41, 5.74) is 4.49. The van der Waals surface area contributed by atoms with Crippen LogP contribution in [0.3, 0.4) is 0 Å². The van der Waals surface area contributed by atoms with Gasteiger partial charge in [0.15, 0.2) is 0 Å². The molecule has 1 unspecified atom stereocenters. The van der Waals surface area contributed by atoms with E-state index in [0.717, 1.165) is 24.3 Å². The molecule has 0 spiro atoms. The van der Waals surface area contributed by atoms with Crippen molar-refractivity contribution in [1.82, 2.24) is 4.90 Å². The number of carbonyl (C=O) groups is 1. The van der Waals surface area contributed by atoms with Gasteiger partial charge in [-0.05, 0) is 52.9 Å². The van der Waals surface area contributed by atoms with Crippen LogP contribution >= 0.6 is 23.1 Å². The predicted molar refractivity (Wildman–Crippen MR) is 111 cm³/mol. The second kappa shape index (κ2) is 7.68. The van der Waals surface area contributed by atoms with Crippen molar-refractivity contribution in [2.45, 2.75) is 18.2 Å². The van der Waals surface area contributed by atoms with E-state index >= 15 is 0 Å². The summed E-state index contributed by atoms with van der Waals surface area (Å²) in [7, 11) is 0. The molecule has 2 nitrogen and oxygen atoms in total. The van der Waals surface area contributed by atoms with Crippen molar-refractivity contribution in [3.8, 4) is 0 Å². The third-order valence-corrected chi connectivity index (χ3v) is 6.47. The molecule has 2 heterocycles. The number of nitrogens with zero attached hydrogens (tertiary/aromatic N) is 1. The molecule has 0 saturated heterocycles. The lowest BCUT2D eigenvalue weighted by Gasteiger charge is -2.36. The molecule has 1 atom stereocenters. The molecule has 3 aromatic rings. The number of hydrogen-bond donors (Lipinski definition) is 0. The van der Waals surface area contributed by atoms with Gasteiger partial charge in [0.05, 0.1) is 6.04 Å². The first-order valence-corrected chi connectivity index (χ1v) is 11.1. The molecule has 1 amide bonds. The number of benzene rings is 2. The monoisotopic (exact) mass is 379 g/mol. The minimum Gasteiger partial charge on any atom is -0.327 e. The Morgan fingerprint density at radius 2 is 1.88 bits per heavy atom. The molecule has 1 aromatic heterocycles. The van der Waals surface area contributed by atoms with Gasteiger partial charge in [-0.25, -0.2) is 0 Å². The maximum absolute atomic E-state index is 13.3. The Labute approximate surface area is 162 Å². The van der Waals surface area contributed by atoms with Crippen LogP contribution in [0.1, 0.15) is 38.0 Å². The first-order valence-electron chi connectivity index (χ1n) is 8.78. The van der Waals surface area contributed by atoms with Crippen LogP contribution < -0.4 is 0 Å². The minimum atomic E-state index is 0.00424.